The highest BCUT2D eigenvalue weighted by molar-refractivity contribution is 6.28. The Morgan fingerprint density at radius 3 is 2.63 bits per heavy atom. The van der Waals surface area contributed by atoms with Crippen molar-refractivity contribution in [2.24, 2.45) is 0 Å². The molecule has 1 heterocycles. The first-order chi connectivity index (χ1) is 8.95. The number of nitrogens with zero attached hydrogens (tertiary/aromatic N) is 5. The van der Waals surface area contributed by atoms with Gasteiger partial charge in [-0.15, -0.1) is 0 Å². The Labute approximate surface area is 117 Å². The zero-order valence-electron chi connectivity index (χ0n) is 11.3. The predicted octanol–water partition coefficient (Wildman–Crippen LogP) is 1.82. The first-order valence-corrected chi connectivity index (χ1v) is 6.40. The van der Waals surface area contributed by atoms with Crippen molar-refractivity contribution in [1.82, 2.24) is 14.9 Å². The summed E-state index contributed by atoms with van der Waals surface area (Å²) in [6.07, 6.45) is 2.04. The summed E-state index contributed by atoms with van der Waals surface area (Å²) in [4.78, 5) is 22.1. The van der Waals surface area contributed by atoms with Crippen molar-refractivity contribution >= 4 is 23.1 Å². The van der Waals surface area contributed by atoms with E-state index in [1.807, 2.05) is 25.9 Å². The molecule has 7 nitrogen and oxygen atoms in total. The minimum atomic E-state index is -0.486. The molecule has 0 radical (unpaired) electrons. The number of hydrogen-bond acceptors (Lipinski definition) is 6. The molecule has 0 aromatic carbocycles. The predicted molar refractivity (Wildman–Crippen MR) is 74.8 cm³/mol. The van der Waals surface area contributed by atoms with Gasteiger partial charge in [0.2, 0.25) is 11.1 Å². The second-order valence-corrected chi connectivity index (χ2v) is 4.68. The summed E-state index contributed by atoms with van der Waals surface area (Å²) in [5.74, 6) is 0.284. The van der Waals surface area contributed by atoms with Crippen LogP contribution in [0.3, 0.4) is 0 Å². The van der Waals surface area contributed by atoms with E-state index in [4.69, 9.17) is 11.6 Å². The Kier molecular flexibility index (Phi) is 5.91. The first-order valence-electron chi connectivity index (χ1n) is 6.02. The third-order valence-electron chi connectivity index (χ3n) is 2.63. The van der Waals surface area contributed by atoms with Gasteiger partial charge in [-0.3, -0.25) is 10.1 Å². The van der Waals surface area contributed by atoms with Crippen molar-refractivity contribution in [1.29, 1.82) is 0 Å². The van der Waals surface area contributed by atoms with Crippen LogP contribution in [0.4, 0.5) is 11.5 Å². The van der Waals surface area contributed by atoms with Crippen molar-refractivity contribution in [2.45, 2.75) is 13.3 Å². The van der Waals surface area contributed by atoms with Gasteiger partial charge in [-0.25, -0.2) is 4.98 Å². The maximum Gasteiger partial charge on any atom is 0.329 e. The van der Waals surface area contributed by atoms with Gasteiger partial charge in [-0.1, -0.05) is 0 Å². The molecular formula is C11H18ClN5O2. The average molecular weight is 288 g/mol. The molecule has 0 aliphatic carbocycles. The zero-order valence-corrected chi connectivity index (χ0v) is 12.1. The lowest BCUT2D eigenvalue weighted by Gasteiger charge is -2.22. The molecule has 0 aliphatic heterocycles. The van der Waals surface area contributed by atoms with Crippen LogP contribution in [0.25, 0.3) is 0 Å². The molecule has 1 aromatic heterocycles. The molecule has 106 valence electrons. The monoisotopic (exact) mass is 287 g/mol. The van der Waals surface area contributed by atoms with Crippen LogP contribution in [0.5, 0.6) is 0 Å². The second kappa shape index (κ2) is 7.20. The lowest BCUT2D eigenvalue weighted by atomic mass is 10.3. The molecule has 0 saturated heterocycles. The van der Waals surface area contributed by atoms with E-state index in [2.05, 4.69) is 14.9 Å². The summed E-state index contributed by atoms with van der Waals surface area (Å²) in [5.41, 5.74) is -0.115. The fourth-order valence-corrected chi connectivity index (χ4v) is 1.83. The van der Waals surface area contributed by atoms with Gasteiger partial charge in [0, 0.05) is 13.1 Å². The maximum atomic E-state index is 11.0. The molecule has 0 atom stereocenters. The molecule has 1 aromatic rings. The average Bonchev–Trinajstić information content (AvgIpc) is 2.33. The number of aromatic nitrogens is 2. The van der Waals surface area contributed by atoms with E-state index in [9.17, 15) is 10.1 Å². The second-order valence-electron chi connectivity index (χ2n) is 4.34. The van der Waals surface area contributed by atoms with Crippen LogP contribution in [0.15, 0.2) is 6.20 Å². The summed E-state index contributed by atoms with van der Waals surface area (Å²) >= 11 is 5.73. The number of halogens is 1. The Morgan fingerprint density at radius 2 is 2.11 bits per heavy atom. The van der Waals surface area contributed by atoms with Crippen LogP contribution in [0.1, 0.15) is 13.3 Å². The van der Waals surface area contributed by atoms with Crippen molar-refractivity contribution < 1.29 is 4.92 Å². The summed E-state index contributed by atoms with van der Waals surface area (Å²) < 4.78 is 0. The van der Waals surface area contributed by atoms with Crippen LogP contribution in [-0.2, 0) is 0 Å². The van der Waals surface area contributed by atoms with E-state index in [1.165, 1.54) is 0 Å². The molecule has 0 N–H and O–H groups in total. The summed E-state index contributed by atoms with van der Waals surface area (Å²) in [6.45, 7) is 4.14. The van der Waals surface area contributed by atoms with Gasteiger partial charge in [0.05, 0.1) is 4.92 Å². The highest BCUT2D eigenvalue weighted by Gasteiger charge is 2.21. The number of rotatable bonds is 7. The highest BCUT2D eigenvalue weighted by Crippen LogP contribution is 2.26. The zero-order chi connectivity index (χ0) is 14.4. The molecule has 0 bridgehead atoms. The Hall–Kier alpha value is -1.47. The molecule has 0 spiro atoms. The van der Waals surface area contributed by atoms with Gasteiger partial charge in [0.25, 0.3) is 0 Å². The molecule has 0 saturated carbocycles. The SMILES string of the molecule is CCN(CCCN(C)C)c1nc(Cl)ncc1[N+](=O)[O-]. The van der Waals surface area contributed by atoms with E-state index in [-0.39, 0.29) is 16.8 Å². The van der Waals surface area contributed by atoms with Crippen molar-refractivity contribution in [2.75, 3.05) is 38.6 Å². The van der Waals surface area contributed by atoms with Gasteiger partial charge >= 0.3 is 5.69 Å². The first kappa shape index (κ1) is 15.6. The third-order valence-corrected chi connectivity index (χ3v) is 2.81. The van der Waals surface area contributed by atoms with E-state index in [1.54, 1.807) is 0 Å². The van der Waals surface area contributed by atoms with Gasteiger partial charge < -0.3 is 9.80 Å². The third kappa shape index (κ3) is 4.60. The smallest absolute Gasteiger partial charge is 0.329 e. The van der Waals surface area contributed by atoms with Crippen LogP contribution in [0.2, 0.25) is 5.28 Å². The number of hydrogen-bond donors (Lipinski definition) is 0. The van der Waals surface area contributed by atoms with Gasteiger partial charge in [0.15, 0.2) is 0 Å². The number of nitro groups is 1. The molecular weight excluding hydrogens is 270 g/mol. The van der Waals surface area contributed by atoms with E-state index in [0.717, 1.165) is 19.2 Å². The van der Waals surface area contributed by atoms with E-state index < -0.39 is 4.92 Å². The fourth-order valence-electron chi connectivity index (χ4n) is 1.70. The Morgan fingerprint density at radius 1 is 1.42 bits per heavy atom. The van der Waals surface area contributed by atoms with E-state index >= 15 is 0 Å². The molecule has 0 unspecified atom stereocenters. The highest BCUT2D eigenvalue weighted by atomic mass is 35.5. The minimum absolute atomic E-state index is 0.0201. The summed E-state index contributed by atoms with van der Waals surface area (Å²) in [6, 6.07) is 0. The maximum absolute atomic E-state index is 11.0. The topological polar surface area (TPSA) is 75.4 Å². The lowest BCUT2D eigenvalue weighted by Crippen LogP contribution is -2.28. The quantitative estimate of drug-likeness (QED) is 0.432. The lowest BCUT2D eigenvalue weighted by molar-refractivity contribution is -0.384. The Balaban J connectivity index is 2.90. The van der Waals surface area contributed by atoms with Crippen molar-refractivity contribution in [3.63, 3.8) is 0 Å². The van der Waals surface area contributed by atoms with Crippen molar-refractivity contribution in [3.8, 4) is 0 Å². The van der Waals surface area contributed by atoms with Gasteiger partial charge in [-0.05, 0) is 45.6 Å². The molecule has 1 rings (SSSR count). The molecule has 0 fully saturated rings. The van der Waals surface area contributed by atoms with Crippen LogP contribution in [0, 0.1) is 10.1 Å². The standard InChI is InChI=1S/C11H18ClN5O2/c1-4-16(7-5-6-15(2)3)10-9(17(18)19)8-13-11(12)14-10/h8H,4-7H2,1-3H3. The van der Waals surface area contributed by atoms with E-state index in [0.29, 0.717) is 13.1 Å². The van der Waals surface area contributed by atoms with Gasteiger partial charge in [-0.2, -0.15) is 4.98 Å². The molecule has 0 aliphatic rings. The number of anilines is 1. The van der Waals surface area contributed by atoms with Crippen molar-refractivity contribution in [3.05, 3.63) is 21.6 Å². The normalized spacial score (nSPS) is 10.8. The van der Waals surface area contributed by atoms with Crippen LogP contribution >= 0.6 is 11.6 Å². The molecule has 19 heavy (non-hydrogen) atoms. The summed E-state index contributed by atoms with van der Waals surface area (Å²) in [7, 11) is 3.97. The Bertz CT molecular complexity index is 441. The molecule has 0 amide bonds. The van der Waals surface area contributed by atoms with Crippen LogP contribution in [-0.4, -0.2) is 53.5 Å². The van der Waals surface area contributed by atoms with Crippen LogP contribution < -0.4 is 4.90 Å². The minimum Gasteiger partial charge on any atom is -0.351 e. The largest absolute Gasteiger partial charge is 0.351 e. The fraction of sp³-hybridized carbons (Fsp3) is 0.636. The summed E-state index contributed by atoms with van der Waals surface area (Å²) in [5, 5.41) is 11.0. The van der Waals surface area contributed by atoms with Gasteiger partial charge in [0.1, 0.15) is 6.20 Å². The molecule has 8 heteroatoms.